The standard InChI is InChI=1S/C15H19F3N2O3/c1-3-19-14(22)11-5-4-10(2)12(8-11)20-13(21)6-7-23-9-15(16,17)18/h4-5,8H,3,6-7,9H2,1-2H3,(H,19,22)(H,20,21). The molecule has 128 valence electrons. The number of alkyl halides is 3. The van der Waals surface area contributed by atoms with E-state index in [2.05, 4.69) is 15.4 Å². The maximum absolute atomic E-state index is 11.9. The van der Waals surface area contributed by atoms with Gasteiger partial charge >= 0.3 is 6.18 Å². The lowest BCUT2D eigenvalue weighted by atomic mass is 10.1. The zero-order valence-electron chi connectivity index (χ0n) is 12.9. The first-order valence-corrected chi connectivity index (χ1v) is 7.06. The molecule has 1 rings (SSSR count). The number of anilines is 1. The molecule has 0 aliphatic heterocycles. The fourth-order valence-corrected chi connectivity index (χ4v) is 1.73. The quantitative estimate of drug-likeness (QED) is 0.754. The van der Waals surface area contributed by atoms with E-state index in [4.69, 9.17) is 0 Å². The van der Waals surface area contributed by atoms with Gasteiger partial charge in [-0.2, -0.15) is 13.2 Å². The summed E-state index contributed by atoms with van der Waals surface area (Å²) in [6.07, 6.45) is -4.62. The zero-order chi connectivity index (χ0) is 17.5. The highest BCUT2D eigenvalue weighted by atomic mass is 19.4. The van der Waals surface area contributed by atoms with Crippen molar-refractivity contribution in [2.24, 2.45) is 0 Å². The number of carbonyl (C=O) groups is 2. The minimum absolute atomic E-state index is 0.207. The number of hydrogen-bond acceptors (Lipinski definition) is 3. The third-order valence-electron chi connectivity index (χ3n) is 2.85. The van der Waals surface area contributed by atoms with Gasteiger partial charge in [-0.05, 0) is 31.5 Å². The van der Waals surface area contributed by atoms with E-state index in [0.29, 0.717) is 17.8 Å². The Morgan fingerprint density at radius 3 is 2.57 bits per heavy atom. The topological polar surface area (TPSA) is 67.4 Å². The second-order valence-corrected chi connectivity index (χ2v) is 4.86. The molecule has 8 heteroatoms. The molecule has 0 atom stereocenters. The van der Waals surface area contributed by atoms with Crippen LogP contribution in [0.15, 0.2) is 18.2 Å². The van der Waals surface area contributed by atoms with Crippen molar-refractivity contribution in [3.63, 3.8) is 0 Å². The van der Waals surface area contributed by atoms with Crippen LogP contribution in [-0.4, -0.2) is 37.7 Å². The molecule has 2 N–H and O–H groups in total. The number of rotatable bonds is 7. The molecule has 1 aromatic carbocycles. The number of ether oxygens (including phenoxy) is 1. The highest BCUT2D eigenvalue weighted by Crippen LogP contribution is 2.18. The third-order valence-corrected chi connectivity index (χ3v) is 2.85. The van der Waals surface area contributed by atoms with E-state index < -0.39 is 18.7 Å². The van der Waals surface area contributed by atoms with Crippen LogP contribution >= 0.6 is 0 Å². The molecule has 5 nitrogen and oxygen atoms in total. The van der Waals surface area contributed by atoms with Gasteiger partial charge in [-0.1, -0.05) is 6.07 Å². The Morgan fingerprint density at radius 1 is 1.26 bits per heavy atom. The minimum Gasteiger partial charge on any atom is -0.372 e. The van der Waals surface area contributed by atoms with E-state index in [1.807, 2.05) is 0 Å². The highest BCUT2D eigenvalue weighted by Gasteiger charge is 2.27. The number of aryl methyl sites for hydroxylation is 1. The van der Waals surface area contributed by atoms with Crippen molar-refractivity contribution in [2.45, 2.75) is 26.4 Å². The van der Waals surface area contributed by atoms with Crippen LogP contribution in [0.4, 0.5) is 18.9 Å². The number of halogens is 3. The van der Waals surface area contributed by atoms with Gasteiger partial charge < -0.3 is 15.4 Å². The molecule has 0 saturated carbocycles. The van der Waals surface area contributed by atoms with Gasteiger partial charge in [0, 0.05) is 17.8 Å². The van der Waals surface area contributed by atoms with E-state index in [1.54, 1.807) is 26.0 Å². The molecule has 0 aromatic heterocycles. The average molecular weight is 332 g/mol. The van der Waals surface area contributed by atoms with Crippen molar-refractivity contribution >= 4 is 17.5 Å². The Morgan fingerprint density at radius 2 is 1.96 bits per heavy atom. The van der Waals surface area contributed by atoms with Crippen LogP contribution in [-0.2, 0) is 9.53 Å². The molecule has 0 heterocycles. The van der Waals surface area contributed by atoms with Crippen LogP contribution in [0.1, 0.15) is 29.3 Å². The second kappa shape index (κ2) is 8.52. The van der Waals surface area contributed by atoms with Gasteiger partial charge in [0.2, 0.25) is 5.91 Å². The first kappa shape index (κ1) is 19.0. The fraction of sp³-hybridized carbons (Fsp3) is 0.467. The Bertz CT molecular complexity index is 559. The summed E-state index contributed by atoms with van der Waals surface area (Å²) in [4.78, 5) is 23.5. The van der Waals surface area contributed by atoms with Crippen molar-refractivity contribution in [1.29, 1.82) is 0 Å². The summed E-state index contributed by atoms with van der Waals surface area (Å²) in [7, 11) is 0. The van der Waals surface area contributed by atoms with Gasteiger partial charge in [-0.15, -0.1) is 0 Å². The summed E-state index contributed by atoms with van der Waals surface area (Å²) in [5, 5.41) is 5.20. The second-order valence-electron chi connectivity index (χ2n) is 4.86. The van der Waals surface area contributed by atoms with Crippen LogP contribution in [0.5, 0.6) is 0 Å². The molecular formula is C15H19F3N2O3. The minimum atomic E-state index is -4.41. The van der Waals surface area contributed by atoms with Gasteiger partial charge in [0.15, 0.2) is 0 Å². The molecule has 0 saturated heterocycles. The molecule has 0 fully saturated rings. The summed E-state index contributed by atoms with van der Waals surface area (Å²) in [6, 6.07) is 4.83. The number of hydrogen-bond donors (Lipinski definition) is 2. The lowest BCUT2D eigenvalue weighted by Gasteiger charge is -2.11. The first-order chi connectivity index (χ1) is 10.7. The molecular weight excluding hydrogens is 313 g/mol. The SMILES string of the molecule is CCNC(=O)c1ccc(C)c(NC(=O)CCOCC(F)(F)F)c1. The van der Waals surface area contributed by atoms with E-state index in [1.165, 1.54) is 6.07 Å². The van der Waals surface area contributed by atoms with Crippen LogP contribution in [0.25, 0.3) is 0 Å². The zero-order valence-corrected chi connectivity index (χ0v) is 12.9. The number of benzene rings is 1. The fourth-order valence-electron chi connectivity index (χ4n) is 1.73. The van der Waals surface area contributed by atoms with Crippen LogP contribution < -0.4 is 10.6 Å². The average Bonchev–Trinajstić information content (AvgIpc) is 2.45. The van der Waals surface area contributed by atoms with E-state index in [-0.39, 0.29) is 18.9 Å². The summed E-state index contributed by atoms with van der Waals surface area (Å²) in [5.41, 5.74) is 1.57. The largest absolute Gasteiger partial charge is 0.411 e. The third kappa shape index (κ3) is 7.14. The smallest absolute Gasteiger partial charge is 0.372 e. The Kier molecular flexibility index (Phi) is 7.02. The highest BCUT2D eigenvalue weighted by molar-refractivity contribution is 5.97. The molecule has 1 aromatic rings. The van der Waals surface area contributed by atoms with Gasteiger partial charge in [0.25, 0.3) is 5.91 Å². The molecule has 23 heavy (non-hydrogen) atoms. The van der Waals surface area contributed by atoms with Gasteiger partial charge in [-0.3, -0.25) is 9.59 Å². The molecule has 0 spiro atoms. The molecule has 0 aliphatic rings. The normalized spacial score (nSPS) is 11.2. The van der Waals surface area contributed by atoms with Crippen molar-refractivity contribution < 1.29 is 27.5 Å². The van der Waals surface area contributed by atoms with Crippen LogP contribution in [0, 0.1) is 6.92 Å². The molecule has 0 bridgehead atoms. The number of amides is 2. The first-order valence-electron chi connectivity index (χ1n) is 7.06. The predicted molar refractivity (Wildman–Crippen MR) is 79.3 cm³/mol. The molecule has 0 unspecified atom stereocenters. The summed E-state index contributed by atoms with van der Waals surface area (Å²) >= 11 is 0. The van der Waals surface area contributed by atoms with Crippen LogP contribution in [0.3, 0.4) is 0 Å². The van der Waals surface area contributed by atoms with Gasteiger partial charge in [0.05, 0.1) is 13.0 Å². The van der Waals surface area contributed by atoms with E-state index in [0.717, 1.165) is 5.56 Å². The van der Waals surface area contributed by atoms with Crippen molar-refractivity contribution in [2.75, 3.05) is 25.1 Å². The maximum atomic E-state index is 11.9. The lowest BCUT2D eigenvalue weighted by Crippen LogP contribution is -2.23. The van der Waals surface area contributed by atoms with Crippen molar-refractivity contribution in [1.82, 2.24) is 5.32 Å². The maximum Gasteiger partial charge on any atom is 0.411 e. The summed E-state index contributed by atoms with van der Waals surface area (Å²) in [5.74, 6) is -0.750. The Balaban J connectivity index is 2.57. The van der Waals surface area contributed by atoms with Gasteiger partial charge in [0.1, 0.15) is 6.61 Å². The lowest BCUT2D eigenvalue weighted by molar-refractivity contribution is -0.174. The van der Waals surface area contributed by atoms with Crippen LogP contribution in [0.2, 0.25) is 0 Å². The monoisotopic (exact) mass is 332 g/mol. The molecule has 0 radical (unpaired) electrons. The Hall–Kier alpha value is -2.09. The predicted octanol–water partition coefficient (Wildman–Crippen LogP) is 2.65. The van der Waals surface area contributed by atoms with E-state index in [9.17, 15) is 22.8 Å². The van der Waals surface area contributed by atoms with E-state index >= 15 is 0 Å². The number of carbonyl (C=O) groups excluding carboxylic acids is 2. The van der Waals surface area contributed by atoms with Gasteiger partial charge in [-0.25, -0.2) is 0 Å². The summed E-state index contributed by atoms with van der Waals surface area (Å²) < 4.78 is 40.1. The van der Waals surface area contributed by atoms with Crippen molar-refractivity contribution in [3.8, 4) is 0 Å². The molecule has 2 amide bonds. The van der Waals surface area contributed by atoms with Crippen molar-refractivity contribution in [3.05, 3.63) is 29.3 Å². The molecule has 0 aliphatic carbocycles. The summed E-state index contributed by atoms with van der Waals surface area (Å²) in [6.45, 7) is 2.30. The number of nitrogens with one attached hydrogen (secondary N) is 2. The Labute approximate surface area is 132 Å².